The molecule has 1 aromatic heterocycles. The van der Waals surface area contributed by atoms with Gasteiger partial charge in [-0.15, -0.1) is 0 Å². The third kappa shape index (κ3) is 2.82. The van der Waals surface area contributed by atoms with E-state index in [1.54, 1.807) is 49.5 Å². The largest absolute Gasteiger partial charge is 0.493 e. The maximum Gasteiger partial charge on any atom is 0.196 e. The standard InChI is InChI=1S/C15H18N2O3/c1-4-7-17-10-12(9-16-17)15(18)11-5-6-13(19-2)14(8-11)20-3/h5-6,8-10H,4,7H2,1-3H3. The maximum absolute atomic E-state index is 12.4. The Kier molecular flexibility index (Phi) is 4.40. The van der Waals surface area contributed by atoms with Crippen molar-refractivity contribution >= 4 is 5.78 Å². The molecule has 0 amide bonds. The lowest BCUT2D eigenvalue weighted by atomic mass is 10.1. The van der Waals surface area contributed by atoms with Gasteiger partial charge in [0, 0.05) is 18.3 Å². The molecule has 106 valence electrons. The Hall–Kier alpha value is -2.30. The van der Waals surface area contributed by atoms with Crippen molar-refractivity contribution in [2.45, 2.75) is 19.9 Å². The number of carbonyl (C=O) groups excluding carboxylic acids is 1. The molecule has 0 unspecified atom stereocenters. The van der Waals surface area contributed by atoms with Gasteiger partial charge in [0.2, 0.25) is 0 Å². The smallest absolute Gasteiger partial charge is 0.196 e. The van der Waals surface area contributed by atoms with Crippen LogP contribution in [0.2, 0.25) is 0 Å². The zero-order chi connectivity index (χ0) is 14.5. The first kappa shape index (κ1) is 14.1. The Bertz CT molecular complexity index is 605. The second kappa shape index (κ2) is 6.23. The zero-order valence-corrected chi connectivity index (χ0v) is 11.9. The maximum atomic E-state index is 12.4. The summed E-state index contributed by atoms with van der Waals surface area (Å²) in [6.07, 6.45) is 4.34. The molecule has 5 nitrogen and oxygen atoms in total. The Morgan fingerprint density at radius 2 is 1.95 bits per heavy atom. The number of nitrogens with zero attached hydrogens (tertiary/aromatic N) is 2. The zero-order valence-electron chi connectivity index (χ0n) is 11.9. The van der Waals surface area contributed by atoms with E-state index in [1.165, 1.54) is 0 Å². The van der Waals surface area contributed by atoms with E-state index in [0.717, 1.165) is 13.0 Å². The average molecular weight is 274 g/mol. The predicted octanol–water partition coefficient (Wildman–Crippen LogP) is 2.54. The van der Waals surface area contributed by atoms with Gasteiger partial charge in [0.1, 0.15) is 0 Å². The van der Waals surface area contributed by atoms with E-state index < -0.39 is 0 Å². The summed E-state index contributed by atoms with van der Waals surface area (Å²) in [6.45, 7) is 2.87. The molecular formula is C15H18N2O3. The monoisotopic (exact) mass is 274 g/mol. The van der Waals surface area contributed by atoms with Crippen LogP contribution in [-0.4, -0.2) is 29.8 Å². The van der Waals surface area contributed by atoms with Crippen LogP contribution in [0.25, 0.3) is 0 Å². The van der Waals surface area contributed by atoms with Crippen molar-refractivity contribution in [3.05, 3.63) is 41.7 Å². The first-order valence-electron chi connectivity index (χ1n) is 6.48. The van der Waals surface area contributed by atoms with Crippen LogP contribution in [0, 0.1) is 0 Å². The van der Waals surface area contributed by atoms with Crippen molar-refractivity contribution < 1.29 is 14.3 Å². The number of aromatic nitrogens is 2. The van der Waals surface area contributed by atoms with Crippen molar-refractivity contribution in [1.82, 2.24) is 9.78 Å². The third-order valence-corrected chi connectivity index (χ3v) is 2.99. The van der Waals surface area contributed by atoms with E-state index in [2.05, 4.69) is 12.0 Å². The summed E-state index contributed by atoms with van der Waals surface area (Å²) in [4.78, 5) is 12.4. The van der Waals surface area contributed by atoms with Gasteiger partial charge in [0.05, 0.1) is 26.0 Å². The predicted molar refractivity (Wildman–Crippen MR) is 75.5 cm³/mol. The minimum Gasteiger partial charge on any atom is -0.493 e. The molecule has 1 heterocycles. The normalized spacial score (nSPS) is 10.3. The lowest BCUT2D eigenvalue weighted by molar-refractivity contribution is 0.103. The van der Waals surface area contributed by atoms with E-state index in [4.69, 9.17) is 9.47 Å². The number of ether oxygens (including phenoxy) is 2. The van der Waals surface area contributed by atoms with Crippen LogP contribution in [0.1, 0.15) is 29.3 Å². The molecule has 1 aromatic carbocycles. The van der Waals surface area contributed by atoms with Gasteiger partial charge in [0.15, 0.2) is 17.3 Å². The fraction of sp³-hybridized carbons (Fsp3) is 0.333. The minimum absolute atomic E-state index is 0.0756. The molecule has 0 N–H and O–H groups in total. The van der Waals surface area contributed by atoms with E-state index >= 15 is 0 Å². The van der Waals surface area contributed by atoms with Crippen LogP contribution in [0.15, 0.2) is 30.6 Å². The first-order valence-corrected chi connectivity index (χ1v) is 6.48. The molecule has 0 saturated carbocycles. The summed E-state index contributed by atoms with van der Waals surface area (Å²) in [5, 5.41) is 4.17. The molecule has 0 aliphatic rings. The topological polar surface area (TPSA) is 53.4 Å². The molecule has 0 radical (unpaired) electrons. The van der Waals surface area contributed by atoms with Crippen molar-refractivity contribution in [1.29, 1.82) is 0 Å². The molecule has 0 aliphatic carbocycles. The molecule has 0 atom stereocenters. The number of hydrogen-bond donors (Lipinski definition) is 0. The molecule has 2 aromatic rings. The molecule has 0 fully saturated rings. The van der Waals surface area contributed by atoms with Crippen LogP contribution >= 0.6 is 0 Å². The Labute approximate surface area is 118 Å². The molecule has 20 heavy (non-hydrogen) atoms. The molecule has 0 bridgehead atoms. The van der Waals surface area contributed by atoms with Gasteiger partial charge in [-0.25, -0.2) is 0 Å². The summed E-state index contributed by atoms with van der Waals surface area (Å²) >= 11 is 0. The van der Waals surface area contributed by atoms with E-state index in [-0.39, 0.29) is 5.78 Å². The molecule has 5 heteroatoms. The lowest BCUT2D eigenvalue weighted by Gasteiger charge is -2.08. The highest BCUT2D eigenvalue weighted by Crippen LogP contribution is 2.28. The lowest BCUT2D eigenvalue weighted by Crippen LogP contribution is -2.02. The van der Waals surface area contributed by atoms with Crippen LogP contribution < -0.4 is 9.47 Å². The van der Waals surface area contributed by atoms with Gasteiger partial charge in [-0.1, -0.05) is 6.92 Å². The number of benzene rings is 1. The second-order valence-corrected chi connectivity index (χ2v) is 4.39. The highest BCUT2D eigenvalue weighted by molar-refractivity contribution is 6.09. The van der Waals surface area contributed by atoms with Gasteiger partial charge in [-0.2, -0.15) is 5.10 Å². The van der Waals surface area contributed by atoms with E-state index in [1.807, 2.05) is 0 Å². The number of rotatable bonds is 6. The summed E-state index contributed by atoms with van der Waals surface area (Å²) in [5.41, 5.74) is 1.13. The van der Waals surface area contributed by atoms with Gasteiger partial charge < -0.3 is 9.47 Å². The Morgan fingerprint density at radius 1 is 1.20 bits per heavy atom. The number of hydrogen-bond acceptors (Lipinski definition) is 4. The number of aryl methyl sites for hydroxylation is 1. The second-order valence-electron chi connectivity index (χ2n) is 4.39. The molecule has 0 aliphatic heterocycles. The van der Waals surface area contributed by atoms with Gasteiger partial charge in [-0.05, 0) is 24.6 Å². The van der Waals surface area contributed by atoms with E-state index in [0.29, 0.717) is 22.6 Å². The number of carbonyl (C=O) groups is 1. The molecule has 2 rings (SSSR count). The van der Waals surface area contributed by atoms with Crippen molar-refractivity contribution in [3.8, 4) is 11.5 Å². The van der Waals surface area contributed by atoms with Gasteiger partial charge >= 0.3 is 0 Å². The van der Waals surface area contributed by atoms with Crippen LogP contribution in [0.5, 0.6) is 11.5 Å². The van der Waals surface area contributed by atoms with Crippen molar-refractivity contribution in [3.63, 3.8) is 0 Å². The molecular weight excluding hydrogens is 256 g/mol. The highest BCUT2D eigenvalue weighted by atomic mass is 16.5. The van der Waals surface area contributed by atoms with Crippen molar-refractivity contribution in [2.75, 3.05) is 14.2 Å². The minimum atomic E-state index is -0.0756. The van der Waals surface area contributed by atoms with Crippen LogP contribution in [0.3, 0.4) is 0 Å². The highest BCUT2D eigenvalue weighted by Gasteiger charge is 2.14. The summed E-state index contributed by atoms with van der Waals surface area (Å²) in [6, 6.07) is 5.13. The van der Waals surface area contributed by atoms with Crippen LogP contribution in [-0.2, 0) is 6.54 Å². The average Bonchev–Trinajstić information content (AvgIpc) is 2.94. The third-order valence-electron chi connectivity index (χ3n) is 2.99. The van der Waals surface area contributed by atoms with E-state index in [9.17, 15) is 4.79 Å². The molecule has 0 spiro atoms. The SMILES string of the molecule is CCCn1cc(C(=O)c2ccc(OC)c(OC)c2)cn1. The Balaban J connectivity index is 2.27. The fourth-order valence-corrected chi connectivity index (χ4v) is 1.98. The number of ketones is 1. The summed E-state index contributed by atoms with van der Waals surface area (Å²) < 4.78 is 12.1. The number of methoxy groups -OCH3 is 2. The van der Waals surface area contributed by atoms with Gasteiger partial charge in [-0.3, -0.25) is 9.48 Å². The summed E-state index contributed by atoms with van der Waals surface area (Å²) in [7, 11) is 3.11. The fourth-order valence-electron chi connectivity index (χ4n) is 1.98. The van der Waals surface area contributed by atoms with Gasteiger partial charge in [0.25, 0.3) is 0 Å². The molecule has 0 saturated heterocycles. The quantitative estimate of drug-likeness (QED) is 0.760. The van der Waals surface area contributed by atoms with Crippen molar-refractivity contribution in [2.24, 2.45) is 0 Å². The van der Waals surface area contributed by atoms with Crippen LogP contribution in [0.4, 0.5) is 0 Å². The Morgan fingerprint density at radius 3 is 2.60 bits per heavy atom. The summed E-state index contributed by atoms with van der Waals surface area (Å²) in [5.74, 6) is 1.07. The first-order chi connectivity index (χ1) is 9.69.